The third-order valence-corrected chi connectivity index (χ3v) is 5.24. The first-order valence-electron chi connectivity index (χ1n) is 7.03. The van der Waals surface area contributed by atoms with E-state index in [4.69, 9.17) is 0 Å². The van der Waals surface area contributed by atoms with E-state index in [0.717, 1.165) is 11.3 Å². The SMILES string of the molecule is Cc1ccc(N2C(=O)C(C)SC2c2cccnc2)cc1C. The van der Waals surface area contributed by atoms with Gasteiger partial charge in [0, 0.05) is 23.6 Å². The van der Waals surface area contributed by atoms with Gasteiger partial charge in [-0.2, -0.15) is 0 Å². The number of thioether (sulfide) groups is 1. The first-order valence-corrected chi connectivity index (χ1v) is 7.98. The zero-order valence-corrected chi connectivity index (χ0v) is 13.2. The van der Waals surface area contributed by atoms with Crippen molar-refractivity contribution in [3.05, 3.63) is 59.4 Å². The van der Waals surface area contributed by atoms with E-state index >= 15 is 0 Å². The van der Waals surface area contributed by atoms with Gasteiger partial charge in [0.25, 0.3) is 0 Å². The molecular weight excluding hydrogens is 280 g/mol. The molecule has 0 bridgehead atoms. The Labute approximate surface area is 129 Å². The van der Waals surface area contributed by atoms with Gasteiger partial charge >= 0.3 is 0 Å². The van der Waals surface area contributed by atoms with Crippen molar-refractivity contribution in [3.8, 4) is 0 Å². The summed E-state index contributed by atoms with van der Waals surface area (Å²) in [6.45, 7) is 6.13. The number of aryl methyl sites for hydroxylation is 2. The van der Waals surface area contributed by atoms with Crippen LogP contribution in [0.3, 0.4) is 0 Å². The molecule has 2 unspecified atom stereocenters. The lowest BCUT2D eigenvalue weighted by Crippen LogP contribution is -2.30. The second-order valence-electron chi connectivity index (χ2n) is 5.39. The molecular formula is C17H18N2OS. The number of hydrogen-bond acceptors (Lipinski definition) is 3. The summed E-state index contributed by atoms with van der Waals surface area (Å²) in [5, 5.41) is -0.0277. The third kappa shape index (κ3) is 2.56. The van der Waals surface area contributed by atoms with Crippen LogP contribution in [0.4, 0.5) is 5.69 Å². The summed E-state index contributed by atoms with van der Waals surface area (Å²) < 4.78 is 0. The first-order chi connectivity index (χ1) is 10.1. The highest BCUT2D eigenvalue weighted by Crippen LogP contribution is 2.45. The number of carbonyl (C=O) groups is 1. The largest absolute Gasteiger partial charge is 0.295 e. The molecule has 2 atom stereocenters. The number of nitrogens with zero attached hydrogens (tertiary/aromatic N) is 2. The quantitative estimate of drug-likeness (QED) is 0.844. The van der Waals surface area contributed by atoms with Crippen LogP contribution in [0, 0.1) is 13.8 Å². The number of benzene rings is 1. The van der Waals surface area contributed by atoms with Crippen molar-refractivity contribution in [2.45, 2.75) is 31.4 Å². The number of rotatable bonds is 2. The number of anilines is 1. The molecule has 21 heavy (non-hydrogen) atoms. The van der Waals surface area contributed by atoms with Crippen molar-refractivity contribution in [1.82, 2.24) is 4.98 Å². The molecule has 1 fully saturated rings. The first kappa shape index (κ1) is 14.1. The summed E-state index contributed by atoms with van der Waals surface area (Å²) in [6, 6.07) is 10.1. The number of aromatic nitrogens is 1. The molecule has 0 aliphatic carbocycles. The summed E-state index contributed by atoms with van der Waals surface area (Å²) in [7, 11) is 0. The Hall–Kier alpha value is -1.81. The second kappa shape index (κ2) is 5.53. The Morgan fingerprint density at radius 3 is 2.67 bits per heavy atom. The summed E-state index contributed by atoms with van der Waals surface area (Å²) in [6.07, 6.45) is 3.60. The van der Waals surface area contributed by atoms with Crippen LogP contribution in [0.25, 0.3) is 0 Å². The Morgan fingerprint density at radius 1 is 1.19 bits per heavy atom. The fourth-order valence-corrected chi connectivity index (χ4v) is 3.77. The maximum atomic E-state index is 12.6. The van der Waals surface area contributed by atoms with E-state index in [1.54, 1.807) is 18.0 Å². The summed E-state index contributed by atoms with van der Waals surface area (Å²) >= 11 is 1.68. The molecule has 2 heterocycles. The standard InChI is InChI=1S/C17H18N2OS/c1-11-6-7-15(9-12(11)2)19-16(20)13(3)21-17(19)14-5-4-8-18-10-14/h4-10,13,17H,1-3H3. The van der Waals surface area contributed by atoms with Gasteiger partial charge in [-0.05, 0) is 50.1 Å². The smallest absolute Gasteiger partial charge is 0.241 e. The van der Waals surface area contributed by atoms with Crippen LogP contribution in [-0.2, 0) is 4.79 Å². The van der Waals surface area contributed by atoms with E-state index in [1.807, 2.05) is 36.2 Å². The summed E-state index contributed by atoms with van der Waals surface area (Å²) in [5.41, 5.74) is 4.48. The lowest BCUT2D eigenvalue weighted by Gasteiger charge is -2.24. The predicted molar refractivity (Wildman–Crippen MR) is 87.4 cm³/mol. The van der Waals surface area contributed by atoms with E-state index in [9.17, 15) is 4.79 Å². The third-order valence-electron chi connectivity index (χ3n) is 3.89. The maximum Gasteiger partial charge on any atom is 0.241 e. The average Bonchev–Trinajstić information content (AvgIpc) is 2.79. The molecule has 1 aromatic heterocycles. The second-order valence-corrected chi connectivity index (χ2v) is 6.82. The van der Waals surface area contributed by atoms with Crippen LogP contribution in [0.2, 0.25) is 0 Å². The molecule has 2 aromatic rings. The van der Waals surface area contributed by atoms with Crippen LogP contribution in [0.1, 0.15) is 29.0 Å². The Balaban J connectivity index is 2.04. The van der Waals surface area contributed by atoms with Crippen molar-refractivity contribution in [3.63, 3.8) is 0 Å². The van der Waals surface area contributed by atoms with E-state index in [1.165, 1.54) is 11.1 Å². The molecule has 0 radical (unpaired) electrons. The summed E-state index contributed by atoms with van der Waals surface area (Å²) in [5.74, 6) is 0.164. The fraction of sp³-hybridized carbons (Fsp3) is 0.294. The van der Waals surface area contributed by atoms with Gasteiger partial charge in [-0.3, -0.25) is 14.7 Å². The van der Waals surface area contributed by atoms with Crippen LogP contribution in [-0.4, -0.2) is 16.1 Å². The fourth-order valence-electron chi connectivity index (χ4n) is 2.51. The minimum Gasteiger partial charge on any atom is -0.295 e. The molecule has 0 N–H and O–H groups in total. The highest BCUT2D eigenvalue weighted by Gasteiger charge is 2.39. The van der Waals surface area contributed by atoms with Crippen molar-refractivity contribution in [1.29, 1.82) is 0 Å². The molecule has 4 heteroatoms. The zero-order chi connectivity index (χ0) is 15.0. The topological polar surface area (TPSA) is 33.2 Å². The molecule has 1 aliphatic rings. The number of hydrogen-bond donors (Lipinski definition) is 0. The van der Waals surface area contributed by atoms with Gasteiger partial charge in [-0.25, -0.2) is 0 Å². The zero-order valence-electron chi connectivity index (χ0n) is 12.4. The maximum absolute atomic E-state index is 12.6. The highest BCUT2D eigenvalue weighted by molar-refractivity contribution is 8.01. The molecule has 1 amide bonds. The van der Waals surface area contributed by atoms with Crippen LogP contribution >= 0.6 is 11.8 Å². The van der Waals surface area contributed by atoms with Gasteiger partial charge in [0.1, 0.15) is 5.37 Å². The molecule has 1 saturated heterocycles. The number of amides is 1. The van der Waals surface area contributed by atoms with Crippen molar-refractivity contribution >= 4 is 23.4 Å². The van der Waals surface area contributed by atoms with Crippen LogP contribution in [0.15, 0.2) is 42.7 Å². The highest BCUT2D eigenvalue weighted by atomic mass is 32.2. The molecule has 0 saturated carbocycles. The van der Waals surface area contributed by atoms with Crippen molar-refractivity contribution in [2.75, 3.05) is 4.90 Å². The van der Waals surface area contributed by atoms with Gasteiger partial charge < -0.3 is 0 Å². The van der Waals surface area contributed by atoms with Crippen LogP contribution in [0.5, 0.6) is 0 Å². The Bertz CT molecular complexity index is 672. The van der Waals surface area contributed by atoms with Crippen LogP contribution < -0.4 is 4.90 Å². The molecule has 108 valence electrons. The monoisotopic (exact) mass is 298 g/mol. The minimum absolute atomic E-state index is 0.00306. The van der Waals surface area contributed by atoms with E-state index < -0.39 is 0 Å². The van der Waals surface area contributed by atoms with Gasteiger partial charge in [-0.15, -0.1) is 11.8 Å². The Kier molecular flexibility index (Phi) is 3.72. The lowest BCUT2D eigenvalue weighted by molar-refractivity contribution is -0.117. The minimum atomic E-state index is -0.0307. The number of pyridine rings is 1. The van der Waals surface area contributed by atoms with E-state index in [-0.39, 0.29) is 16.5 Å². The molecule has 0 spiro atoms. The Morgan fingerprint density at radius 2 is 2.00 bits per heavy atom. The lowest BCUT2D eigenvalue weighted by atomic mass is 10.1. The van der Waals surface area contributed by atoms with E-state index in [2.05, 4.69) is 31.0 Å². The van der Waals surface area contributed by atoms with E-state index in [0.29, 0.717) is 0 Å². The molecule has 3 nitrogen and oxygen atoms in total. The van der Waals surface area contributed by atoms with Gasteiger partial charge in [0.2, 0.25) is 5.91 Å². The molecule has 1 aliphatic heterocycles. The molecule has 1 aromatic carbocycles. The van der Waals surface area contributed by atoms with Crippen molar-refractivity contribution in [2.24, 2.45) is 0 Å². The predicted octanol–water partition coefficient (Wildman–Crippen LogP) is 3.87. The normalized spacial score (nSPS) is 21.9. The summed E-state index contributed by atoms with van der Waals surface area (Å²) in [4.78, 5) is 18.7. The average molecular weight is 298 g/mol. The van der Waals surface area contributed by atoms with Crippen molar-refractivity contribution < 1.29 is 4.79 Å². The van der Waals surface area contributed by atoms with Gasteiger partial charge in [0.05, 0.1) is 5.25 Å². The van der Waals surface area contributed by atoms with Gasteiger partial charge in [-0.1, -0.05) is 12.1 Å². The van der Waals surface area contributed by atoms with Gasteiger partial charge in [0.15, 0.2) is 0 Å². The number of carbonyl (C=O) groups excluding carboxylic acids is 1. The molecule has 3 rings (SSSR count).